The minimum Gasteiger partial charge on any atom is -0.385 e. The summed E-state index contributed by atoms with van der Waals surface area (Å²) in [5, 5.41) is 10.3. The zero-order chi connectivity index (χ0) is 9.15. The molecule has 0 saturated heterocycles. The molecule has 0 radical (unpaired) electrons. The SMILES string of the molecule is OC1(c2ccccc2)CCCCC1. The van der Waals surface area contributed by atoms with Gasteiger partial charge in [-0.1, -0.05) is 49.6 Å². The number of hydrogen-bond acceptors (Lipinski definition) is 1. The van der Waals surface area contributed by atoms with Crippen LogP contribution in [0.25, 0.3) is 0 Å². The van der Waals surface area contributed by atoms with Gasteiger partial charge in [0, 0.05) is 0 Å². The zero-order valence-electron chi connectivity index (χ0n) is 7.87. The number of rotatable bonds is 1. The lowest BCUT2D eigenvalue weighted by atomic mass is 9.80. The fourth-order valence-corrected chi connectivity index (χ4v) is 2.17. The Hall–Kier alpha value is -0.820. The Balaban J connectivity index is 2.23. The van der Waals surface area contributed by atoms with Crippen LogP contribution in [0.3, 0.4) is 0 Å². The molecule has 13 heavy (non-hydrogen) atoms. The van der Waals surface area contributed by atoms with Gasteiger partial charge in [-0.25, -0.2) is 0 Å². The second kappa shape index (κ2) is 3.51. The average molecular weight is 176 g/mol. The van der Waals surface area contributed by atoms with Gasteiger partial charge < -0.3 is 5.11 Å². The molecule has 70 valence electrons. The molecule has 1 heteroatoms. The minimum absolute atomic E-state index is 0.528. The molecule has 1 aromatic rings. The molecule has 0 bridgehead atoms. The van der Waals surface area contributed by atoms with Crippen molar-refractivity contribution in [2.45, 2.75) is 37.7 Å². The Morgan fingerprint density at radius 2 is 1.54 bits per heavy atom. The molecule has 1 nitrogen and oxygen atoms in total. The number of hydrogen-bond donors (Lipinski definition) is 1. The molecule has 1 aromatic carbocycles. The number of aliphatic hydroxyl groups is 1. The van der Waals surface area contributed by atoms with E-state index < -0.39 is 5.60 Å². The molecule has 1 fully saturated rings. The summed E-state index contributed by atoms with van der Waals surface area (Å²) in [6.45, 7) is 0. The van der Waals surface area contributed by atoms with Crippen molar-refractivity contribution in [2.24, 2.45) is 0 Å². The van der Waals surface area contributed by atoms with Gasteiger partial charge in [0.15, 0.2) is 0 Å². The van der Waals surface area contributed by atoms with Crippen molar-refractivity contribution in [3.63, 3.8) is 0 Å². The molecular weight excluding hydrogens is 160 g/mol. The Kier molecular flexibility index (Phi) is 2.36. The highest BCUT2D eigenvalue weighted by molar-refractivity contribution is 5.22. The first kappa shape index (κ1) is 8.76. The maximum absolute atomic E-state index is 10.3. The summed E-state index contributed by atoms with van der Waals surface area (Å²) in [7, 11) is 0. The Labute approximate surface area is 79.4 Å². The summed E-state index contributed by atoms with van der Waals surface area (Å²) in [6.07, 6.45) is 5.44. The normalized spacial score (nSPS) is 21.3. The van der Waals surface area contributed by atoms with E-state index in [1.807, 2.05) is 30.3 Å². The predicted octanol–water partition coefficient (Wildman–Crippen LogP) is 2.84. The van der Waals surface area contributed by atoms with Gasteiger partial charge in [0.05, 0.1) is 5.60 Å². The lowest BCUT2D eigenvalue weighted by Gasteiger charge is -2.32. The van der Waals surface area contributed by atoms with Crippen LogP contribution >= 0.6 is 0 Å². The van der Waals surface area contributed by atoms with Crippen LogP contribution in [0.2, 0.25) is 0 Å². The van der Waals surface area contributed by atoms with Crippen LogP contribution in [0.5, 0.6) is 0 Å². The smallest absolute Gasteiger partial charge is 0.0896 e. The van der Waals surface area contributed by atoms with Gasteiger partial charge in [-0.05, 0) is 18.4 Å². The summed E-state index contributed by atoms with van der Waals surface area (Å²) < 4.78 is 0. The molecule has 1 N–H and O–H groups in total. The molecular formula is C12H16O. The van der Waals surface area contributed by atoms with Crippen LogP contribution in [-0.4, -0.2) is 5.11 Å². The van der Waals surface area contributed by atoms with Gasteiger partial charge in [-0.15, -0.1) is 0 Å². The molecule has 0 heterocycles. The largest absolute Gasteiger partial charge is 0.385 e. The van der Waals surface area contributed by atoms with Gasteiger partial charge in [-0.3, -0.25) is 0 Å². The van der Waals surface area contributed by atoms with Crippen molar-refractivity contribution < 1.29 is 5.11 Å². The fraction of sp³-hybridized carbons (Fsp3) is 0.500. The van der Waals surface area contributed by atoms with E-state index in [4.69, 9.17) is 0 Å². The van der Waals surface area contributed by atoms with Gasteiger partial charge >= 0.3 is 0 Å². The third-order valence-electron chi connectivity index (χ3n) is 2.99. The first-order valence-corrected chi connectivity index (χ1v) is 5.09. The Bertz CT molecular complexity index is 260. The maximum Gasteiger partial charge on any atom is 0.0896 e. The monoisotopic (exact) mass is 176 g/mol. The summed E-state index contributed by atoms with van der Waals surface area (Å²) in [5.74, 6) is 0. The molecule has 0 spiro atoms. The lowest BCUT2D eigenvalue weighted by Crippen LogP contribution is -2.28. The second-order valence-corrected chi connectivity index (χ2v) is 3.96. The minimum atomic E-state index is -0.528. The first-order valence-electron chi connectivity index (χ1n) is 5.09. The van der Waals surface area contributed by atoms with Crippen molar-refractivity contribution >= 4 is 0 Å². The molecule has 0 atom stereocenters. The van der Waals surface area contributed by atoms with Crippen LogP contribution in [0.1, 0.15) is 37.7 Å². The van der Waals surface area contributed by atoms with E-state index >= 15 is 0 Å². The highest BCUT2D eigenvalue weighted by Crippen LogP contribution is 2.36. The van der Waals surface area contributed by atoms with Gasteiger partial charge in [-0.2, -0.15) is 0 Å². The van der Waals surface area contributed by atoms with E-state index in [1.54, 1.807) is 0 Å². The molecule has 0 aromatic heterocycles. The van der Waals surface area contributed by atoms with Gasteiger partial charge in [0.1, 0.15) is 0 Å². The molecule has 0 unspecified atom stereocenters. The first-order chi connectivity index (χ1) is 6.31. The van der Waals surface area contributed by atoms with Crippen LogP contribution < -0.4 is 0 Å². The third kappa shape index (κ3) is 1.75. The highest BCUT2D eigenvalue weighted by atomic mass is 16.3. The Morgan fingerprint density at radius 1 is 0.923 bits per heavy atom. The average Bonchev–Trinajstić information content (AvgIpc) is 2.20. The fourth-order valence-electron chi connectivity index (χ4n) is 2.17. The van der Waals surface area contributed by atoms with Crippen LogP contribution in [0.4, 0.5) is 0 Å². The lowest BCUT2D eigenvalue weighted by molar-refractivity contribution is -0.000622. The summed E-state index contributed by atoms with van der Waals surface area (Å²) in [5.41, 5.74) is 0.564. The van der Waals surface area contributed by atoms with E-state index in [2.05, 4.69) is 0 Å². The molecule has 0 aliphatic heterocycles. The summed E-state index contributed by atoms with van der Waals surface area (Å²) in [6, 6.07) is 10.1. The van der Waals surface area contributed by atoms with Gasteiger partial charge in [0.25, 0.3) is 0 Å². The van der Waals surface area contributed by atoms with E-state index in [9.17, 15) is 5.11 Å². The third-order valence-corrected chi connectivity index (χ3v) is 2.99. The molecule has 1 aliphatic rings. The predicted molar refractivity (Wildman–Crippen MR) is 53.4 cm³/mol. The van der Waals surface area contributed by atoms with E-state index in [0.29, 0.717) is 0 Å². The Morgan fingerprint density at radius 3 is 2.15 bits per heavy atom. The van der Waals surface area contributed by atoms with Gasteiger partial charge in [0.2, 0.25) is 0 Å². The topological polar surface area (TPSA) is 20.2 Å². The second-order valence-electron chi connectivity index (χ2n) is 3.96. The zero-order valence-corrected chi connectivity index (χ0v) is 7.87. The van der Waals surface area contributed by atoms with Crippen LogP contribution in [-0.2, 0) is 5.60 Å². The molecule has 0 amide bonds. The maximum atomic E-state index is 10.3. The molecule has 2 rings (SSSR count). The van der Waals surface area contributed by atoms with E-state index in [1.165, 1.54) is 6.42 Å². The molecule has 1 saturated carbocycles. The number of benzene rings is 1. The van der Waals surface area contributed by atoms with Crippen LogP contribution in [0.15, 0.2) is 30.3 Å². The van der Waals surface area contributed by atoms with Crippen molar-refractivity contribution in [3.05, 3.63) is 35.9 Å². The van der Waals surface area contributed by atoms with Crippen molar-refractivity contribution in [1.82, 2.24) is 0 Å². The summed E-state index contributed by atoms with van der Waals surface area (Å²) >= 11 is 0. The van der Waals surface area contributed by atoms with E-state index in [-0.39, 0.29) is 0 Å². The van der Waals surface area contributed by atoms with Crippen molar-refractivity contribution in [3.8, 4) is 0 Å². The highest BCUT2D eigenvalue weighted by Gasteiger charge is 2.30. The molecule has 1 aliphatic carbocycles. The summed E-state index contributed by atoms with van der Waals surface area (Å²) in [4.78, 5) is 0. The van der Waals surface area contributed by atoms with Crippen molar-refractivity contribution in [2.75, 3.05) is 0 Å². The van der Waals surface area contributed by atoms with E-state index in [0.717, 1.165) is 31.2 Å². The quantitative estimate of drug-likeness (QED) is 0.697. The standard InChI is InChI=1S/C12H16O/c13-12(9-5-2-6-10-12)11-7-3-1-4-8-11/h1,3-4,7-8,13H,2,5-6,9-10H2. The van der Waals surface area contributed by atoms with Crippen LogP contribution in [0, 0.1) is 0 Å². The van der Waals surface area contributed by atoms with Crippen molar-refractivity contribution in [1.29, 1.82) is 0 Å².